The SMILES string of the molecule is O=C1c2ccccc2C(=O)N1OC(=O)C1(c2ccc(Cl)cc2Cl)CCCC1. The van der Waals surface area contributed by atoms with Crippen LogP contribution in [0.5, 0.6) is 0 Å². The molecular weight excluding hydrogens is 389 g/mol. The van der Waals surface area contributed by atoms with Gasteiger partial charge in [0.05, 0.1) is 16.5 Å². The third-order valence-corrected chi connectivity index (χ3v) is 5.77. The van der Waals surface area contributed by atoms with Crippen LogP contribution in [0.3, 0.4) is 0 Å². The average molecular weight is 404 g/mol. The molecule has 27 heavy (non-hydrogen) atoms. The van der Waals surface area contributed by atoms with Gasteiger partial charge in [0.2, 0.25) is 0 Å². The van der Waals surface area contributed by atoms with E-state index in [4.69, 9.17) is 28.0 Å². The maximum atomic E-state index is 13.1. The second kappa shape index (κ2) is 6.66. The van der Waals surface area contributed by atoms with Crippen molar-refractivity contribution >= 4 is 41.0 Å². The van der Waals surface area contributed by atoms with E-state index < -0.39 is 23.2 Å². The van der Waals surface area contributed by atoms with E-state index in [0.29, 0.717) is 33.5 Å². The number of imide groups is 1. The fourth-order valence-corrected chi connectivity index (χ4v) is 4.45. The van der Waals surface area contributed by atoms with Gasteiger partial charge in [-0.15, -0.1) is 0 Å². The third-order valence-electron chi connectivity index (χ3n) is 5.23. The molecule has 1 aliphatic heterocycles. The Morgan fingerprint density at radius 3 is 2.11 bits per heavy atom. The van der Waals surface area contributed by atoms with Gasteiger partial charge in [0.1, 0.15) is 0 Å². The van der Waals surface area contributed by atoms with E-state index in [2.05, 4.69) is 0 Å². The van der Waals surface area contributed by atoms with E-state index in [9.17, 15) is 14.4 Å². The Balaban J connectivity index is 1.67. The minimum atomic E-state index is -1.00. The molecular formula is C20H15Cl2NO4. The van der Waals surface area contributed by atoms with E-state index in [1.54, 1.807) is 30.3 Å². The lowest BCUT2D eigenvalue weighted by Gasteiger charge is -2.29. The molecule has 2 aromatic rings. The van der Waals surface area contributed by atoms with Crippen molar-refractivity contribution in [2.75, 3.05) is 0 Å². The van der Waals surface area contributed by atoms with Crippen LogP contribution < -0.4 is 0 Å². The highest BCUT2D eigenvalue weighted by atomic mass is 35.5. The zero-order valence-corrected chi connectivity index (χ0v) is 15.7. The Bertz CT molecular complexity index is 931. The molecule has 0 saturated heterocycles. The number of benzene rings is 2. The second-order valence-corrected chi connectivity index (χ2v) is 7.59. The van der Waals surface area contributed by atoms with Crippen molar-refractivity contribution in [3.05, 3.63) is 69.2 Å². The van der Waals surface area contributed by atoms with Crippen molar-refractivity contribution < 1.29 is 19.2 Å². The fourth-order valence-electron chi connectivity index (χ4n) is 3.86. The molecule has 0 aromatic heterocycles. The molecule has 0 bridgehead atoms. The van der Waals surface area contributed by atoms with Crippen LogP contribution in [0.25, 0.3) is 0 Å². The van der Waals surface area contributed by atoms with Crippen molar-refractivity contribution in [2.45, 2.75) is 31.1 Å². The molecule has 4 rings (SSSR count). The molecule has 1 heterocycles. The van der Waals surface area contributed by atoms with Crippen molar-refractivity contribution in [2.24, 2.45) is 0 Å². The van der Waals surface area contributed by atoms with Gasteiger partial charge in [-0.05, 0) is 42.7 Å². The summed E-state index contributed by atoms with van der Waals surface area (Å²) in [5.41, 5.74) is 0.0464. The monoisotopic (exact) mass is 403 g/mol. The lowest BCUT2D eigenvalue weighted by Crippen LogP contribution is -2.42. The number of hydrogen-bond acceptors (Lipinski definition) is 4. The van der Waals surface area contributed by atoms with Crippen LogP contribution in [0.15, 0.2) is 42.5 Å². The van der Waals surface area contributed by atoms with Crippen LogP contribution in [0, 0.1) is 0 Å². The van der Waals surface area contributed by atoms with E-state index in [0.717, 1.165) is 12.8 Å². The summed E-state index contributed by atoms with van der Waals surface area (Å²) in [6, 6.07) is 11.3. The highest BCUT2D eigenvalue weighted by Crippen LogP contribution is 2.45. The number of carbonyl (C=O) groups is 3. The van der Waals surface area contributed by atoms with Gasteiger partial charge < -0.3 is 4.84 Å². The number of halogens is 2. The zero-order valence-electron chi connectivity index (χ0n) is 14.2. The second-order valence-electron chi connectivity index (χ2n) is 6.74. The fraction of sp³-hybridized carbons (Fsp3) is 0.250. The predicted molar refractivity (Wildman–Crippen MR) is 99.6 cm³/mol. The molecule has 5 nitrogen and oxygen atoms in total. The maximum absolute atomic E-state index is 13.1. The van der Waals surface area contributed by atoms with Crippen LogP contribution in [0.2, 0.25) is 10.0 Å². The minimum Gasteiger partial charge on any atom is -0.329 e. The molecule has 0 spiro atoms. The van der Waals surface area contributed by atoms with Gasteiger partial charge in [-0.1, -0.05) is 59.3 Å². The van der Waals surface area contributed by atoms with Crippen molar-refractivity contribution in [1.82, 2.24) is 5.06 Å². The molecule has 1 aliphatic carbocycles. The van der Waals surface area contributed by atoms with Gasteiger partial charge in [-0.3, -0.25) is 9.59 Å². The van der Waals surface area contributed by atoms with Crippen LogP contribution in [-0.2, 0) is 15.0 Å². The summed E-state index contributed by atoms with van der Waals surface area (Å²) >= 11 is 12.3. The normalized spacial score (nSPS) is 17.9. The Kier molecular flexibility index (Phi) is 4.44. The van der Waals surface area contributed by atoms with E-state index in [1.807, 2.05) is 0 Å². The summed E-state index contributed by atoms with van der Waals surface area (Å²) in [4.78, 5) is 43.5. The summed E-state index contributed by atoms with van der Waals surface area (Å²) in [5, 5.41) is 1.38. The highest BCUT2D eigenvalue weighted by Gasteiger charge is 2.49. The van der Waals surface area contributed by atoms with Crippen LogP contribution in [0.4, 0.5) is 0 Å². The molecule has 0 radical (unpaired) electrons. The molecule has 0 N–H and O–H groups in total. The molecule has 0 unspecified atom stereocenters. The standard InChI is InChI=1S/C20H15Cl2NO4/c21-12-7-8-15(16(22)11-12)20(9-3-4-10-20)19(26)27-23-17(24)13-5-1-2-6-14(13)18(23)25/h1-2,5-8,11H,3-4,9-10H2. The zero-order chi connectivity index (χ0) is 19.2. The molecule has 1 fully saturated rings. The molecule has 2 aromatic carbocycles. The van der Waals surface area contributed by atoms with Gasteiger partial charge in [0.15, 0.2) is 0 Å². The lowest BCUT2D eigenvalue weighted by molar-refractivity contribution is -0.175. The Hall–Kier alpha value is -2.37. The summed E-state index contributed by atoms with van der Waals surface area (Å²) in [7, 11) is 0. The van der Waals surface area contributed by atoms with Crippen molar-refractivity contribution in [1.29, 1.82) is 0 Å². The van der Waals surface area contributed by atoms with E-state index >= 15 is 0 Å². The number of amides is 2. The molecule has 138 valence electrons. The average Bonchev–Trinajstić information content (AvgIpc) is 3.23. The van der Waals surface area contributed by atoms with E-state index in [-0.39, 0.29) is 11.1 Å². The molecule has 0 atom stereocenters. The maximum Gasteiger partial charge on any atom is 0.343 e. The molecule has 2 aliphatic rings. The van der Waals surface area contributed by atoms with Crippen LogP contribution >= 0.6 is 23.2 Å². The first-order valence-electron chi connectivity index (χ1n) is 8.60. The number of hydroxylamine groups is 2. The van der Waals surface area contributed by atoms with Gasteiger partial charge >= 0.3 is 5.97 Å². The smallest absolute Gasteiger partial charge is 0.329 e. The first-order chi connectivity index (χ1) is 12.9. The molecule has 2 amide bonds. The number of carbonyl (C=O) groups excluding carboxylic acids is 3. The summed E-state index contributed by atoms with van der Waals surface area (Å²) in [6.07, 6.45) is 2.68. The largest absolute Gasteiger partial charge is 0.343 e. The molecule has 1 saturated carbocycles. The van der Waals surface area contributed by atoms with E-state index in [1.165, 1.54) is 12.1 Å². The molecule has 7 heteroatoms. The Morgan fingerprint density at radius 2 is 1.56 bits per heavy atom. The summed E-state index contributed by atoms with van der Waals surface area (Å²) in [5.74, 6) is -1.93. The first-order valence-corrected chi connectivity index (χ1v) is 9.35. The lowest BCUT2D eigenvalue weighted by atomic mass is 9.79. The van der Waals surface area contributed by atoms with Gasteiger partial charge in [-0.25, -0.2) is 4.79 Å². The number of nitrogens with zero attached hydrogens (tertiary/aromatic N) is 1. The minimum absolute atomic E-state index is 0.222. The van der Waals surface area contributed by atoms with Crippen molar-refractivity contribution in [3.63, 3.8) is 0 Å². The number of rotatable bonds is 3. The number of fused-ring (bicyclic) bond motifs is 1. The quantitative estimate of drug-likeness (QED) is 0.704. The van der Waals surface area contributed by atoms with Crippen LogP contribution in [-0.4, -0.2) is 22.8 Å². The van der Waals surface area contributed by atoms with Gasteiger partial charge in [0.25, 0.3) is 11.8 Å². The Labute approximate surface area is 165 Å². The number of hydrogen-bond donors (Lipinski definition) is 0. The third kappa shape index (κ3) is 2.82. The Morgan fingerprint density at radius 1 is 0.963 bits per heavy atom. The summed E-state index contributed by atoms with van der Waals surface area (Å²) < 4.78 is 0. The highest BCUT2D eigenvalue weighted by molar-refractivity contribution is 6.35. The summed E-state index contributed by atoms with van der Waals surface area (Å²) in [6.45, 7) is 0. The van der Waals surface area contributed by atoms with Gasteiger partial charge in [-0.2, -0.15) is 0 Å². The topological polar surface area (TPSA) is 63.7 Å². The van der Waals surface area contributed by atoms with Crippen molar-refractivity contribution in [3.8, 4) is 0 Å². The predicted octanol–water partition coefficient (Wildman–Crippen LogP) is 4.56. The van der Waals surface area contributed by atoms with Gasteiger partial charge in [0, 0.05) is 10.0 Å². The first kappa shape index (κ1) is 18.0. The van der Waals surface area contributed by atoms with Crippen LogP contribution in [0.1, 0.15) is 52.0 Å².